The highest BCUT2D eigenvalue weighted by Crippen LogP contribution is 2.24. The number of ether oxygens (including phenoxy) is 1. The van der Waals surface area contributed by atoms with Crippen LogP contribution >= 0.6 is 0 Å². The summed E-state index contributed by atoms with van der Waals surface area (Å²) >= 11 is 0. The first kappa shape index (κ1) is 11.2. The largest absolute Gasteiger partial charge is 0.436 e. The first-order valence-corrected chi connectivity index (χ1v) is 4.74. The van der Waals surface area contributed by atoms with Gasteiger partial charge in [-0.1, -0.05) is 6.07 Å². The molecule has 5 heteroatoms. The van der Waals surface area contributed by atoms with Crippen LogP contribution in [0.15, 0.2) is 36.5 Å². The molecule has 86 valence electrons. The predicted molar refractivity (Wildman–Crippen MR) is 56.1 cm³/mol. The molecule has 0 amide bonds. The number of carbonyl (C=O) groups excluding carboxylic acids is 1. The Labute approximate surface area is 95.7 Å². The van der Waals surface area contributed by atoms with Gasteiger partial charge < -0.3 is 4.74 Å². The molecule has 0 unspecified atom stereocenters. The van der Waals surface area contributed by atoms with Gasteiger partial charge in [-0.05, 0) is 18.2 Å². The monoisotopic (exact) mass is 235 g/mol. The van der Waals surface area contributed by atoms with Crippen LogP contribution in [-0.4, -0.2) is 11.3 Å². The lowest BCUT2D eigenvalue weighted by atomic mass is 10.3. The summed E-state index contributed by atoms with van der Waals surface area (Å²) in [5, 5.41) is 0. The zero-order valence-electron chi connectivity index (χ0n) is 8.56. The maximum atomic E-state index is 13.2. The Bertz CT molecular complexity index is 541. The third-order valence-corrected chi connectivity index (χ3v) is 2.03. The highest BCUT2D eigenvalue weighted by Gasteiger charge is 2.09. The van der Waals surface area contributed by atoms with Crippen LogP contribution < -0.4 is 4.74 Å². The van der Waals surface area contributed by atoms with Gasteiger partial charge in [-0.25, -0.2) is 9.37 Å². The molecule has 0 fully saturated rings. The molecule has 0 bridgehead atoms. The molecule has 1 aromatic carbocycles. The van der Waals surface area contributed by atoms with Gasteiger partial charge in [0.15, 0.2) is 17.9 Å². The molecule has 1 aromatic heterocycles. The molecule has 0 aliphatic heterocycles. The van der Waals surface area contributed by atoms with Crippen molar-refractivity contribution in [1.82, 2.24) is 4.98 Å². The number of aldehydes is 1. The summed E-state index contributed by atoms with van der Waals surface area (Å²) in [5.74, 6) is -2.24. The van der Waals surface area contributed by atoms with E-state index in [-0.39, 0.29) is 11.6 Å². The second-order valence-electron chi connectivity index (χ2n) is 3.20. The zero-order chi connectivity index (χ0) is 12.3. The summed E-state index contributed by atoms with van der Waals surface area (Å²) in [7, 11) is 0. The number of carbonyl (C=O) groups is 1. The maximum Gasteiger partial charge on any atom is 0.219 e. The van der Waals surface area contributed by atoms with Gasteiger partial charge in [-0.15, -0.1) is 0 Å². The van der Waals surface area contributed by atoms with Crippen molar-refractivity contribution in [1.29, 1.82) is 0 Å². The molecular formula is C12H7F2NO2. The number of pyridine rings is 1. The summed E-state index contributed by atoms with van der Waals surface area (Å²) < 4.78 is 31.2. The fourth-order valence-electron chi connectivity index (χ4n) is 1.20. The van der Waals surface area contributed by atoms with E-state index in [4.69, 9.17) is 4.74 Å². The van der Waals surface area contributed by atoms with Crippen LogP contribution in [0.2, 0.25) is 0 Å². The minimum absolute atomic E-state index is 0.0834. The molecule has 2 aromatic rings. The number of rotatable bonds is 3. The summed E-state index contributed by atoms with van der Waals surface area (Å²) in [4.78, 5) is 14.2. The average molecular weight is 235 g/mol. The van der Waals surface area contributed by atoms with Crippen molar-refractivity contribution in [3.63, 3.8) is 0 Å². The Hall–Kier alpha value is -2.30. The molecule has 0 N–H and O–H groups in total. The Morgan fingerprint density at radius 3 is 2.65 bits per heavy atom. The van der Waals surface area contributed by atoms with Crippen LogP contribution in [-0.2, 0) is 0 Å². The van der Waals surface area contributed by atoms with Crippen molar-refractivity contribution in [2.75, 3.05) is 0 Å². The van der Waals surface area contributed by atoms with Crippen LogP contribution in [0.4, 0.5) is 8.78 Å². The third kappa shape index (κ3) is 2.44. The van der Waals surface area contributed by atoms with E-state index in [0.717, 1.165) is 6.07 Å². The number of hydrogen-bond donors (Lipinski definition) is 0. The van der Waals surface area contributed by atoms with Crippen molar-refractivity contribution in [2.24, 2.45) is 0 Å². The Kier molecular flexibility index (Phi) is 3.09. The molecule has 0 atom stereocenters. The second-order valence-corrected chi connectivity index (χ2v) is 3.20. The average Bonchev–Trinajstić information content (AvgIpc) is 2.36. The minimum Gasteiger partial charge on any atom is -0.436 e. The SMILES string of the molecule is O=Cc1ccc(Oc2cccc(F)c2F)nc1. The van der Waals surface area contributed by atoms with E-state index in [1.54, 1.807) is 0 Å². The quantitative estimate of drug-likeness (QED) is 0.768. The van der Waals surface area contributed by atoms with Crippen LogP contribution in [0.5, 0.6) is 11.6 Å². The van der Waals surface area contributed by atoms with Gasteiger partial charge in [0.1, 0.15) is 0 Å². The summed E-state index contributed by atoms with van der Waals surface area (Å²) in [6, 6.07) is 6.47. The maximum absolute atomic E-state index is 13.2. The van der Waals surface area contributed by atoms with Gasteiger partial charge in [-0.3, -0.25) is 4.79 Å². The predicted octanol–water partition coefficient (Wildman–Crippen LogP) is 2.96. The summed E-state index contributed by atoms with van der Waals surface area (Å²) in [6.07, 6.45) is 1.90. The van der Waals surface area contributed by atoms with E-state index in [9.17, 15) is 13.6 Å². The number of benzene rings is 1. The molecule has 0 spiro atoms. The fraction of sp³-hybridized carbons (Fsp3) is 0. The smallest absolute Gasteiger partial charge is 0.219 e. The topological polar surface area (TPSA) is 39.2 Å². The van der Waals surface area contributed by atoms with E-state index >= 15 is 0 Å². The van der Waals surface area contributed by atoms with E-state index in [1.165, 1.54) is 30.5 Å². The highest BCUT2D eigenvalue weighted by molar-refractivity contribution is 5.74. The lowest BCUT2D eigenvalue weighted by Crippen LogP contribution is -1.93. The van der Waals surface area contributed by atoms with E-state index in [0.29, 0.717) is 11.8 Å². The minimum atomic E-state index is -1.08. The number of aromatic nitrogens is 1. The number of halogens is 2. The molecule has 3 nitrogen and oxygen atoms in total. The Morgan fingerprint density at radius 1 is 1.18 bits per heavy atom. The number of hydrogen-bond acceptors (Lipinski definition) is 3. The number of nitrogens with zero attached hydrogens (tertiary/aromatic N) is 1. The lowest BCUT2D eigenvalue weighted by Gasteiger charge is -2.05. The van der Waals surface area contributed by atoms with Gasteiger partial charge in [0.2, 0.25) is 11.7 Å². The van der Waals surface area contributed by atoms with E-state index in [2.05, 4.69) is 4.98 Å². The normalized spacial score (nSPS) is 10.0. The molecule has 0 radical (unpaired) electrons. The van der Waals surface area contributed by atoms with Crippen molar-refractivity contribution in [3.8, 4) is 11.6 Å². The Morgan fingerprint density at radius 2 is 2.00 bits per heavy atom. The molecule has 1 heterocycles. The molecule has 2 rings (SSSR count). The van der Waals surface area contributed by atoms with Gasteiger partial charge in [0, 0.05) is 17.8 Å². The molecule has 0 saturated heterocycles. The first-order valence-electron chi connectivity index (χ1n) is 4.74. The van der Waals surface area contributed by atoms with E-state index in [1.807, 2.05) is 0 Å². The molecule has 0 aliphatic carbocycles. The van der Waals surface area contributed by atoms with Crippen LogP contribution in [0.3, 0.4) is 0 Å². The summed E-state index contributed by atoms with van der Waals surface area (Å²) in [5.41, 5.74) is 0.372. The fourth-order valence-corrected chi connectivity index (χ4v) is 1.20. The van der Waals surface area contributed by atoms with Gasteiger partial charge in [-0.2, -0.15) is 4.39 Å². The molecular weight excluding hydrogens is 228 g/mol. The lowest BCUT2D eigenvalue weighted by molar-refractivity contribution is 0.112. The van der Waals surface area contributed by atoms with Gasteiger partial charge >= 0.3 is 0 Å². The molecule has 17 heavy (non-hydrogen) atoms. The van der Waals surface area contributed by atoms with Crippen molar-refractivity contribution in [3.05, 3.63) is 53.7 Å². The zero-order valence-corrected chi connectivity index (χ0v) is 8.56. The Balaban J connectivity index is 2.25. The second kappa shape index (κ2) is 4.69. The van der Waals surface area contributed by atoms with Crippen molar-refractivity contribution in [2.45, 2.75) is 0 Å². The van der Waals surface area contributed by atoms with Crippen LogP contribution in [0.25, 0.3) is 0 Å². The highest BCUT2D eigenvalue weighted by atomic mass is 19.2. The van der Waals surface area contributed by atoms with Crippen molar-refractivity contribution < 1.29 is 18.3 Å². The van der Waals surface area contributed by atoms with Crippen molar-refractivity contribution >= 4 is 6.29 Å². The van der Waals surface area contributed by atoms with Crippen LogP contribution in [0, 0.1) is 11.6 Å². The van der Waals surface area contributed by atoms with Crippen LogP contribution in [0.1, 0.15) is 10.4 Å². The third-order valence-electron chi connectivity index (χ3n) is 2.03. The molecule has 0 saturated carbocycles. The van der Waals surface area contributed by atoms with Gasteiger partial charge in [0.25, 0.3) is 0 Å². The van der Waals surface area contributed by atoms with E-state index < -0.39 is 11.6 Å². The first-order chi connectivity index (χ1) is 8.20. The van der Waals surface area contributed by atoms with Gasteiger partial charge in [0.05, 0.1) is 0 Å². The standard InChI is InChI=1S/C12H7F2NO2/c13-9-2-1-3-10(12(9)14)17-11-5-4-8(7-16)6-15-11/h1-7H. The molecule has 0 aliphatic rings. The summed E-state index contributed by atoms with van der Waals surface area (Å²) in [6.45, 7) is 0.